The second kappa shape index (κ2) is 5.62. The number of carboxylic acid groups (broad SMARTS) is 1. The van der Waals surface area contributed by atoms with Crippen LogP contribution in [0.1, 0.15) is 34.1 Å². The molecular formula is C10H19NO3. The average Bonchev–Trinajstić information content (AvgIpc) is 2.02. The van der Waals surface area contributed by atoms with Gasteiger partial charge in [0.25, 0.3) is 0 Å². The van der Waals surface area contributed by atoms with E-state index < -0.39 is 5.97 Å². The van der Waals surface area contributed by atoms with Gasteiger partial charge in [-0.1, -0.05) is 13.8 Å². The van der Waals surface area contributed by atoms with Crippen molar-refractivity contribution in [3.8, 4) is 0 Å². The molecular weight excluding hydrogens is 182 g/mol. The smallest absolute Gasteiger partial charge is 0.305 e. The van der Waals surface area contributed by atoms with E-state index in [0.717, 1.165) is 0 Å². The second-order valence-corrected chi connectivity index (χ2v) is 3.92. The molecule has 0 aliphatic rings. The molecule has 0 saturated carbocycles. The highest BCUT2D eigenvalue weighted by Gasteiger charge is 2.20. The fourth-order valence-electron chi connectivity index (χ4n) is 1.17. The summed E-state index contributed by atoms with van der Waals surface area (Å²) in [6.07, 6.45) is 0.0106. The maximum absolute atomic E-state index is 11.6. The summed E-state index contributed by atoms with van der Waals surface area (Å²) in [6, 6.07) is 0.0595. The summed E-state index contributed by atoms with van der Waals surface area (Å²) in [5, 5.41) is 8.53. The quantitative estimate of drug-likeness (QED) is 0.730. The highest BCUT2D eigenvalue weighted by Crippen LogP contribution is 2.07. The summed E-state index contributed by atoms with van der Waals surface area (Å²) in [4.78, 5) is 23.6. The summed E-state index contributed by atoms with van der Waals surface area (Å²) < 4.78 is 0. The molecule has 4 heteroatoms. The Kier molecular flexibility index (Phi) is 5.20. The first kappa shape index (κ1) is 12.9. The summed E-state index contributed by atoms with van der Waals surface area (Å²) in [6.45, 7) is 7.71. The minimum absolute atomic E-state index is 0.0106. The molecule has 0 radical (unpaired) electrons. The summed E-state index contributed by atoms with van der Waals surface area (Å²) >= 11 is 0. The van der Waals surface area contributed by atoms with Crippen molar-refractivity contribution in [2.24, 2.45) is 5.92 Å². The number of hydrogen-bond donors (Lipinski definition) is 1. The zero-order valence-corrected chi connectivity index (χ0v) is 9.28. The van der Waals surface area contributed by atoms with Crippen LogP contribution in [-0.4, -0.2) is 34.5 Å². The summed E-state index contributed by atoms with van der Waals surface area (Å²) in [7, 11) is 0. The SMILES string of the molecule is CC(C)C(=O)N(CCC(=O)O)C(C)C. The molecule has 1 amide bonds. The van der Waals surface area contributed by atoms with Gasteiger partial charge < -0.3 is 10.0 Å². The maximum Gasteiger partial charge on any atom is 0.305 e. The molecule has 0 heterocycles. The van der Waals surface area contributed by atoms with Gasteiger partial charge in [-0.15, -0.1) is 0 Å². The number of carbonyl (C=O) groups excluding carboxylic acids is 1. The van der Waals surface area contributed by atoms with Crippen LogP contribution in [0.15, 0.2) is 0 Å². The minimum Gasteiger partial charge on any atom is -0.481 e. The third-order valence-corrected chi connectivity index (χ3v) is 1.97. The highest BCUT2D eigenvalue weighted by molar-refractivity contribution is 5.79. The van der Waals surface area contributed by atoms with Crippen LogP contribution in [0.3, 0.4) is 0 Å². The van der Waals surface area contributed by atoms with Crippen LogP contribution in [0.5, 0.6) is 0 Å². The minimum atomic E-state index is -0.868. The second-order valence-electron chi connectivity index (χ2n) is 3.92. The molecule has 0 aromatic heterocycles. The zero-order chi connectivity index (χ0) is 11.3. The molecule has 0 saturated heterocycles. The Morgan fingerprint density at radius 2 is 1.71 bits per heavy atom. The molecule has 1 N–H and O–H groups in total. The number of amides is 1. The molecule has 14 heavy (non-hydrogen) atoms. The van der Waals surface area contributed by atoms with Gasteiger partial charge in [-0.05, 0) is 13.8 Å². The van der Waals surface area contributed by atoms with E-state index in [2.05, 4.69) is 0 Å². The normalized spacial score (nSPS) is 10.7. The van der Waals surface area contributed by atoms with Crippen LogP contribution in [0.4, 0.5) is 0 Å². The molecule has 4 nitrogen and oxygen atoms in total. The summed E-state index contributed by atoms with van der Waals surface area (Å²) in [5.74, 6) is -0.931. The Bertz CT molecular complexity index is 211. The Morgan fingerprint density at radius 3 is 2.00 bits per heavy atom. The lowest BCUT2D eigenvalue weighted by Gasteiger charge is -2.27. The van der Waals surface area contributed by atoms with E-state index in [-0.39, 0.29) is 24.3 Å². The van der Waals surface area contributed by atoms with Crippen LogP contribution < -0.4 is 0 Å². The topological polar surface area (TPSA) is 57.6 Å². The van der Waals surface area contributed by atoms with E-state index in [1.54, 1.807) is 4.90 Å². The van der Waals surface area contributed by atoms with Gasteiger partial charge in [-0.2, -0.15) is 0 Å². The number of hydrogen-bond acceptors (Lipinski definition) is 2. The maximum atomic E-state index is 11.6. The van der Waals surface area contributed by atoms with Crippen molar-refractivity contribution >= 4 is 11.9 Å². The van der Waals surface area contributed by atoms with Gasteiger partial charge in [0.1, 0.15) is 0 Å². The van der Waals surface area contributed by atoms with Crippen molar-refractivity contribution in [2.45, 2.75) is 40.2 Å². The van der Waals surface area contributed by atoms with Crippen LogP contribution >= 0.6 is 0 Å². The Labute approximate surface area is 84.9 Å². The van der Waals surface area contributed by atoms with E-state index >= 15 is 0 Å². The lowest BCUT2D eigenvalue weighted by atomic mass is 10.1. The molecule has 0 atom stereocenters. The van der Waals surface area contributed by atoms with Crippen molar-refractivity contribution in [1.29, 1.82) is 0 Å². The van der Waals surface area contributed by atoms with Gasteiger partial charge in [0.2, 0.25) is 5.91 Å². The third kappa shape index (κ3) is 4.25. The van der Waals surface area contributed by atoms with E-state index in [0.29, 0.717) is 6.54 Å². The monoisotopic (exact) mass is 201 g/mol. The largest absolute Gasteiger partial charge is 0.481 e. The lowest BCUT2D eigenvalue weighted by molar-refractivity contribution is -0.140. The molecule has 0 aliphatic heterocycles. The molecule has 0 spiro atoms. The third-order valence-electron chi connectivity index (χ3n) is 1.97. The highest BCUT2D eigenvalue weighted by atomic mass is 16.4. The molecule has 0 rings (SSSR count). The fraction of sp³-hybridized carbons (Fsp3) is 0.800. The Morgan fingerprint density at radius 1 is 1.21 bits per heavy atom. The van der Waals surface area contributed by atoms with Gasteiger partial charge in [0.05, 0.1) is 6.42 Å². The van der Waals surface area contributed by atoms with Crippen molar-refractivity contribution in [2.75, 3.05) is 6.54 Å². The van der Waals surface area contributed by atoms with E-state index in [4.69, 9.17) is 5.11 Å². The predicted octanol–water partition coefficient (Wildman–Crippen LogP) is 1.35. The van der Waals surface area contributed by atoms with Gasteiger partial charge in [0, 0.05) is 18.5 Å². The van der Waals surface area contributed by atoms with Crippen LogP contribution in [0.2, 0.25) is 0 Å². The van der Waals surface area contributed by atoms with Crippen LogP contribution in [0.25, 0.3) is 0 Å². The van der Waals surface area contributed by atoms with Crippen molar-refractivity contribution < 1.29 is 14.7 Å². The van der Waals surface area contributed by atoms with Gasteiger partial charge in [-0.25, -0.2) is 0 Å². The first-order valence-corrected chi connectivity index (χ1v) is 4.88. The number of carboxylic acids is 1. The first-order chi connectivity index (χ1) is 6.36. The summed E-state index contributed by atoms with van der Waals surface area (Å²) in [5.41, 5.74) is 0. The number of nitrogens with zero attached hydrogens (tertiary/aromatic N) is 1. The van der Waals surface area contributed by atoms with Crippen molar-refractivity contribution in [1.82, 2.24) is 4.90 Å². The molecule has 0 aromatic rings. The number of aliphatic carboxylic acids is 1. The zero-order valence-electron chi connectivity index (χ0n) is 9.28. The van der Waals surface area contributed by atoms with Crippen LogP contribution in [-0.2, 0) is 9.59 Å². The van der Waals surface area contributed by atoms with E-state index in [1.165, 1.54) is 0 Å². The Balaban J connectivity index is 4.29. The Hall–Kier alpha value is -1.06. The number of carbonyl (C=O) groups is 2. The molecule has 82 valence electrons. The van der Waals surface area contributed by atoms with Gasteiger partial charge in [-0.3, -0.25) is 9.59 Å². The molecule has 0 fully saturated rings. The van der Waals surface area contributed by atoms with Gasteiger partial charge >= 0.3 is 5.97 Å². The van der Waals surface area contributed by atoms with Gasteiger partial charge in [0.15, 0.2) is 0 Å². The lowest BCUT2D eigenvalue weighted by Crippen LogP contribution is -2.40. The first-order valence-electron chi connectivity index (χ1n) is 4.88. The van der Waals surface area contributed by atoms with E-state index in [9.17, 15) is 9.59 Å². The van der Waals surface area contributed by atoms with Crippen molar-refractivity contribution in [3.05, 3.63) is 0 Å². The average molecular weight is 201 g/mol. The predicted molar refractivity (Wildman–Crippen MR) is 53.9 cm³/mol. The van der Waals surface area contributed by atoms with Crippen molar-refractivity contribution in [3.63, 3.8) is 0 Å². The standard InChI is InChI=1S/C10H19NO3/c1-7(2)10(14)11(8(3)4)6-5-9(12)13/h7-8H,5-6H2,1-4H3,(H,12,13). The molecule has 0 aromatic carbocycles. The van der Waals surface area contributed by atoms with Crippen LogP contribution in [0, 0.1) is 5.92 Å². The number of rotatable bonds is 5. The van der Waals surface area contributed by atoms with E-state index in [1.807, 2.05) is 27.7 Å². The fourth-order valence-corrected chi connectivity index (χ4v) is 1.17. The molecule has 0 aliphatic carbocycles. The molecule has 0 bridgehead atoms. The molecule has 0 unspecified atom stereocenters.